The highest BCUT2D eigenvalue weighted by Gasteiger charge is 2.22. The van der Waals surface area contributed by atoms with Gasteiger partial charge in [0.05, 0.1) is 0 Å². The maximum absolute atomic E-state index is 13.0. The van der Waals surface area contributed by atoms with Crippen molar-refractivity contribution in [3.63, 3.8) is 0 Å². The Morgan fingerprint density at radius 3 is 1.73 bits per heavy atom. The molecule has 2 heteroatoms. The summed E-state index contributed by atoms with van der Waals surface area (Å²) in [6.45, 7) is 10.0. The molecule has 1 atom stereocenters. The molecule has 0 spiro atoms. The van der Waals surface area contributed by atoms with Crippen molar-refractivity contribution in [2.24, 2.45) is 0 Å². The molecule has 156 valence electrons. The van der Waals surface area contributed by atoms with Gasteiger partial charge in [-0.2, -0.15) is 0 Å². The van der Waals surface area contributed by atoms with E-state index < -0.39 is 0 Å². The first kappa shape index (κ1) is 25.5. The Kier molecular flexibility index (Phi) is 18.8. The van der Waals surface area contributed by atoms with Gasteiger partial charge in [0.15, 0.2) is 0 Å². The standard InChI is InChI=1S/C24H49NO/c1-5-9-13-15-16-18-21-24(26)25(22-12-8-4)23(19-11-7-3)20-17-14-10-6-2/h23H,5-22H2,1-4H3. The number of carbonyl (C=O) groups is 1. The topological polar surface area (TPSA) is 20.3 Å². The Morgan fingerprint density at radius 1 is 0.615 bits per heavy atom. The Balaban J connectivity index is 4.53. The molecule has 0 aromatic heterocycles. The van der Waals surface area contributed by atoms with E-state index in [0.29, 0.717) is 11.9 Å². The summed E-state index contributed by atoms with van der Waals surface area (Å²) >= 11 is 0. The first-order chi connectivity index (χ1) is 12.7. The van der Waals surface area contributed by atoms with E-state index in [1.165, 1.54) is 89.9 Å². The minimum absolute atomic E-state index is 0.436. The first-order valence-corrected chi connectivity index (χ1v) is 12.0. The second-order valence-electron chi connectivity index (χ2n) is 8.10. The molecule has 0 aliphatic rings. The number of hydrogen-bond donors (Lipinski definition) is 0. The van der Waals surface area contributed by atoms with Crippen molar-refractivity contribution in [1.29, 1.82) is 0 Å². The molecule has 26 heavy (non-hydrogen) atoms. The average molecular weight is 368 g/mol. The molecule has 0 aromatic carbocycles. The van der Waals surface area contributed by atoms with Crippen molar-refractivity contribution in [3.8, 4) is 0 Å². The SMILES string of the molecule is CCCCCCCCC(=O)N(CCCC)C(CCCC)CCCCCC. The summed E-state index contributed by atoms with van der Waals surface area (Å²) in [5, 5.41) is 0. The van der Waals surface area contributed by atoms with Gasteiger partial charge in [-0.3, -0.25) is 4.79 Å². The Labute approximate surface area is 165 Å². The van der Waals surface area contributed by atoms with Crippen LogP contribution in [-0.2, 0) is 4.79 Å². The van der Waals surface area contributed by atoms with Crippen molar-refractivity contribution in [2.75, 3.05) is 6.54 Å². The van der Waals surface area contributed by atoms with Crippen molar-refractivity contribution in [3.05, 3.63) is 0 Å². The zero-order valence-electron chi connectivity index (χ0n) is 18.7. The third-order valence-electron chi connectivity index (χ3n) is 5.54. The maximum atomic E-state index is 13.0. The van der Waals surface area contributed by atoms with Gasteiger partial charge >= 0.3 is 0 Å². The normalized spacial score (nSPS) is 12.3. The molecule has 2 nitrogen and oxygen atoms in total. The van der Waals surface area contributed by atoms with Crippen LogP contribution in [0.1, 0.15) is 137 Å². The van der Waals surface area contributed by atoms with Crippen LogP contribution in [0.5, 0.6) is 0 Å². The number of rotatable bonds is 19. The molecule has 1 amide bonds. The minimum atomic E-state index is 0.436. The third-order valence-corrected chi connectivity index (χ3v) is 5.54. The van der Waals surface area contributed by atoms with Crippen LogP contribution in [0.3, 0.4) is 0 Å². The fourth-order valence-electron chi connectivity index (χ4n) is 3.74. The van der Waals surface area contributed by atoms with Gasteiger partial charge in [0.2, 0.25) is 5.91 Å². The molecule has 0 fully saturated rings. The number of amides is 1. The van der Waals surface area contributed by atoms with E-state index in [0.717, 1.165) is 25.8 Å². The van der Waals surface area contributed by atoms with Crippen LogP contribution in [0, 0.1) is 0 Å². The van der Waals surface area contributed by atoms with Gasteiger partial charge in [0, 0.05) is 19.0 Å². The van der Waals surface area contributed by atoms with Gasteiger partial charge in [-0.15, -0.1) is 0 Å². The van der Waals surface area contributed by atoms with Crippen LogP contribution < -0.4 is 0 Å². The quantitative estimate of drug-likeness (QED) is 0.212. The van der Waals surface area contributed by atoms with E-state index in [1.54, 1.807) is 0 Å². The summed E-state index contributed by atoms with van der Waals surface area (Å²) in [6, 6.07) is 0.492. The highest BCUT2D eigenvalue weighted by atomic mass is 16.2. The van der Waals surface area contributed by atoms with Crippen LogP contribution in [0.2, 0.25) is 0 Å². The zero-order chi connectivity index (χ0) is 19.5. The average Bonchev–Trinajstić information content (AvgIpc) is 2.65. The molecule has 0 aliphatic heterocycles. The molecule has 0 rings (SSSR count). The summed E-state index contributed by atoms with van der Waals surface area (Å²) in [5.74, 6) is 0.436. The summed E-state index contributed by atoms with van der Waals surface area (Å²) < 4.78 is 0. The minimum Gasteiger partial charge on any atom is -0.340 e. The molecule has 0 aliphatic carbocycles. The highest BCUT2D eigenvalue weighted by Crippen LogP contribution is 2.20. The van der Waals surface area contributed by atoms with Crippen LogP contribution in [0.25, 0.3) is 0 Å². The number of unbranched alkanes of at least 4 members (excludes halogenated alkanes) is 10. The van der Waals surface area contributed by atoms with Gasteiger partial charge < -0.3 is 4.90 Å². The largest absolute Gasteiger partial charge is 0.340 e. The number of nitrogens with zero attached hydrogens (tertiary/aromatic N) is 1. The smallest absolute Gasteiger partial charge is 0.222 e. The lowest BCUT2D eigenvalue weighted by atomic mass is 9.99. The van der Waals surface area contributed by atoms with Crippen LogP contribution in [0.4, 0.5) is 0 Å². The lowest BCUT2D eigenvalue weighted by Gasteiger charge is -2.32. The molecular weight excluding hydrogens is 318 g/mol. The lowest BCUT2D eigenvalue weighted by Crippen LogP contribution is -2.41. The molecule has 0 bridgehead atoms. The molecule has 0 saturated heterocycles. The van der Waals surface area contributed by atoms with Crippen LogP contribution in [-0.4, -0.2) is 23.4 Å². The van der Waals surface area contributed by atoms with Gasteiger partial charge in [-0.05, 0) is 25.7 Å². The van der Waals surface area contributed by atoms with Gasteiger partial charge in [-0.1, -0.05) is 105 Å². The Bertz CT molecular complexity index is 303. The van der Waals surface area contributed by atoms with Crippen molar-refractivity contribution in [1.82, 2.24) is 4.90 Å². The molecule has 1 unspecified atom stereocenters. The summed E-state index contributed by atoms with van der Waals surface area (Å²) in [4.78, 5) is 15.2. The lowest BCUT2D eigenvalue weighted by molar-refractivity contribution is -0.134. The van der Waals surface area contributed by atoms with E-state index in [4.69, 9.17) is 0 Å². The first-order valence-electron chi connectivity index (χ1n) is 12.0. The second kappa shape index (κ2) is 19.2. The fourth-order valence-corrected chi connectivity index (χ4v) is 3.74. The fraction of sp³-hybridized carbons (Fsp3) is 0.958. The Hall–Kier alpha value is -0.530. The summed E-state index contributed by atoms with van der Waals surface area (Å²) in [6.07, 6.45) is 20.8. The third kappa shape index (κ3) is 13.6. The van der Waals surface area contributed by atoms with Crippen LogP contribution in [0.15, 0.2) is 0 Å². The molecule has 0 heterocycles. The van der Waals surface area contributed by atoms with E-state index >= 15 is 0 Å². The van der Waals surface area contributed by atoms with E-state index in [2.05, 4.69) is 32.6 Å². The summed E-state index contributed by atoms with van der Waals surface area (Å²) in [5.41, 5.74) is 0. The second-order valence-corrected chi connectivity index (χ2v) is 8.10. The van der Waals surface area contributed by atoms with Gasteiger partial charge in [-0.25, -0.2) is 0 Å². The highest BCUT2D eigenvalue weighted by molar-refractivity contribution is 5.76. The molecular formula is C24H49NO. The molecule has 0 radical (unpaired) electrons. The summed E-state index contributed by atoms with van der Waals surface area (Å²) in [7, 11) is 0. The van der Waals surface area contributed by atoms with E-state index in [9.17, 15) is 4.79 Å². The van der Waals surface area contributed by atoms with Crippen molar-refractivity contribution >= 4 is 5.91 Å². The van der Waals surface area contributed by atoms with Crippen molar-refractivity contribution < 1.29 is 4.79 Å². The van der Waals surface area contributed by atoms with E-state index in [-0.39, 0.29) is 0 Å². The maximum Gasteiger partial charge on any atom is 0.222 e. The van der Waals surface area contributed by atoms with Crippen molar-refractivity contribution in [2.45, 2.75) is 143 Å². The Morgan fingerprint density at radius 2 is 1.12 bits per heavy atom. The molecule has 0 N–H and O–H groups in total. The predicted octanol–water partition coefficient (Wildman–Crippen LogP) is 7.89. The zero-order valence-corrected chi connectivity index (χ0v) is 18.7. The molecule has 0 aromatic rings. The van der Waals surface area contributed by atoms with Crippen LogP contribution >= 0.6 is 0 Å². The monoisotopic (exact) mass is 367 g/mol. The number of carbonyl (C=O) groups excluding carboxylic acids is 1. The molecule has 0 saturated carbocycles. The van der Waals surface area contributed by atoms with Gasteiger partial charge in [0.1, 0.15) is 0 Å². The van der Waals surface area contributed by atoms with E-state index in [1.807, 2.05) is 0 Å². The van der Waals surface area contributed by atoms with Gasteiger partial charge in [0.25, 0.3) is 0 Å². The number of hydrogen-bond acceptors (Lipinski definition) is 1. The predicted molar refractivity (Wildman–Crippen MR) is 117 cm³/mol.